The van der Waals surface area contributed by atoms with E-state index in [1.54, 1.807) is 30.3 Å². The molecule has 2 aromatic carbocycles. The predicted molar refractivity (Wildman–Crippen MR) is 95.6 cm³/mol. The van der Waals surface area contributed by atoms with Crippen molar-refractivity contribution < 1.29 is 27.8 Å². The third-order valence-electron chi connectivity index (χ3n) is 3.81. The van der Waals surface area contributed by atoms with Crippen molar-refractivity contribution in [2.24, 2.45) is 5.92 Å². The van der Waals surface area contributed by atoms with Crippen LogP contribution in [0.1, 0.15) is 11.1 Å². The molecule has 27 heavy (non-hydrogen) atoms. The highest BCUT2D eigenvalue weighted by molar-refractivity contribution is 6.31. The molecule has 2 N–H and O–H groups in total. The van der Waals surface area contributed by atoms with Crippen molar-refractivity contribution in [3.63, 3.8) is 0 Å². The van der Waals surface area contributed by atoms with E-state index in [4.69, 9.17) is 11.6 Å². The molecule has 0 radical (unpaired) electrons. The zero-order valence-electron chi connectivity index (χ0n) is 14.3. The fourth-order valence-corrected chi connectivity index (χ4v) is 2.74. The molecule has 2 aromatic rings. The van der Waals surface area contributed by atoms with Crippen molar-refractivity contribution in [3.05, 3.63) is 64.7 Å². The summed E-state index contributed by atoms with van der Waals surface area (Å²) in [5.74, 6) is -0.920. The smallest absolute Gasteiger partial charge is 0.406 e. The van der Waals surface area contributed by atoms with Crippen LogP contribution in [0.5, 0.6) is 5.75 Å². The van der Waals surface area contributed by atoms with Crippen LogP contribution < -0.4 is 10.1 Å². The van der Waals surface area contributed by atoms with Crippen LogP contribution in [0, 0.1) is 5.92 Å². The monoisotopic (exact) mass is 401 g/mol. The summed E-state index contributed by atoms with van der Waals surface area (Å²) in [5.41, 5.74) is 1.25. The minimum atomic E-state index is -4.76. The number of carbonyl (C=O) groups is 1. The van der Waals surface area contributed by atoms with E-state index < -0.39 is 6.36 Å². The van der Waals surface area contributed by atoms with Gasteiger partial charge >= 0.3 is 6.36 Å². The number of benzene rings is 2. The summed E-state index contributed by atoms with van der Waals surface area (Å²) >= 11 is 6.01. The molecule has 1 unspecified atom stereocenters. The number of amides is 1. The lowest BCUT2D eigenvalue weighted by atomic mass is 9.99. The van der Waals surface area contributed by atoms with E-state index in [0.717, 1.165) is 0 Å². The second kappa shape index (κ2) is 9.62. The summed E-state index contributed by atoms with van der Waals surface area (Å²) < 4.78 is 40.8. The zero-order valence-corrected chi connectivity index (χ0v) is 15.1. The number of alkyl halides is 3. The van der Waals surface area contributed by atoms with Gasteiger partial charge in [-0.3, -0.25) is 4.79 Å². The quantitative estimate of drug-likeness (QED) is 0.708. The first-order valence-electron chi connectivity index (χ1n) is 8.22. The van der Waals surface area contributed by atoms with Gasteiger partial charge in [0.2, 0.25) is 5.91 Å². The van der Waals surface area contributed by atoms with Crippen LogP contribution in [-0.4, -0.2) is 30.5 Å². The fourth-order valence-electron chi connectivity index (χ4n) is 2.54. The number of hydrogen-bond donors (Lipinski definition) is 2. The number of aliphatic hydroxyl groups excluding tert-OH is 1. The van der Waals surface area contributed by atoms with Gasteiger partial charge in [-0.25, -0.2) is 0 Å². The van der Waals surface area contributed by atoms with E-state index in [1.807, 2.05) is 0 Å². The lowest BCUT2D eigenvalue weighted by molar-refractivity contribution is -0.274. The molecule has 0 aliphatic rings. The Balaban J connectivity index is 1.89. The van der Waals surface area contributed by atoms with Gasteiger partial charge in [0, 0.05) is 24.1 Å². The van der Waals surface area contributed by atoms with E-state index in [2.05, 4.69) is 10.1 Å². The van der Waals surface area contributed by atoms with Crippen LogP contribution in [0.4, 0.5) is 13.2 Å². The summed E-state index contributed by atoms with van der Waals surface area (Å²) in [6.45, 7) is -0.0408. The van der Waals surface area contributed by atoms with E-state index in [9.17, 15) is 23.1 Å². The van der Waals surface area contributed by atoms with Crippen molar-refractivity contribution in [3.8, 4) is 5.75 Å². The Morgan fingerprint density at radius 1 is 1.19 bits per heavy atom. The van der Waals surface area contributed by atoms with E-state index in [1.165, 1.54) is 18.2 Å². The number of ether oxygens (including phenoxy) is 1. The van der Waals surface area contributed by atoms with Gasteiger partial charge in [0.15, 0.2) is 0 Å². The highest BCUT2D eigenvalue weighted by Crippen LogP contribution is 2.24. The van der Waals surface area contributed by atoms with E-state index in [0.29, 0.717) is 16.1 Å². The Labute approximate surface area is 159 Å². The van der Waals surface area contributed by atoms with Gasteiger partial charge in [0.05, 0.1) is 6.42 Å². The number of halogens is 4. The highest BCUT2D eigenvalue weighted by atomic mass is 35.5. The minimum absolute atomic E-state index is 0.104. The molecule has 1 atom stereocenters. The van der Waals surface area contributed by atoms with Crippen molar-refractivity contribution in [1.29, 1.82) is 0 Å². The zero-order chi connectivity index (χ0) is 19.9. The third kappa shape index (κ3) is 7.48. The summed E-state index contributed by atoms with van der Waals surface area (Å²) in [7, 11) is 0. The Hall–Kier alpha value is -2.25. The standard InChI is InChI=1S/C19H19ClF3NO3/c20-17-7-2-1-5-15(17)10-18(26)24-11-14(12-25)8-13-4-3-6-16(9-13)27-19(21,22)23/h1-7,9,14,25H,8,10-12H2,(H,24,26). The van der Waals surface area contributed by atoms with Crippen LogP contribution >= 0.6 is 11.6 Å². The molecule has 146 valence electrons. The molecule has 1 amide bonds. The molecule has 0 bridgehead atoms. The van der Waals surface area contributed by atoms with E-state index >= 15 is 0 Å². The van der Waals surface area contributed by atoms with Gasteiger partial charge in [-0.15, -0.1) is 13.2 Å². The van der Waals surface area contributed by atoms with Crippen LogP contribution in [0.15, 0.2) is 48.5 Å². The lowest BCUT2D eigenvalue weighted by Gasteiger charge is -2.16. The number of rotatable bonds is 8. The second-order valence-electron chi connectivity index (χ2n) is 6.02. The molecular weight excluding hydrogens is 383 g/mol. The molecule has 2 rings (SSSR count). The first kappa shape index (κ1) is 21.1. The predicted octanol–water partition coefficient (Wildman–Crippen LogP) is 3.75. The minimum Gasteiger partial charge on any atom is -0.406 e. The molecule has 0 spiro atoms. The SMILES string of the molecule is O=C(Cc1ccccc1Cl)NCC(CO)Cc1cccc(OC(F)(F)F)c1. The van der Waals surface area contributed by atoms with Crippen molar-refractivity contribution in [1.82, 2.24) is 5.32 Å². The molecule has 0 aliphatic heterocycles. The molecule has 8 heteroatoms. The van der Waals surface area contributed by atoms with Gasteiger partial charge < -0.3 is 15.2 Å². The normalized spacial score (nSPS) is 12.5. The van der Waals surface area contributed by atoms with Gasteiger partial charge in [-0.1, -0.05) is 41.9 Å². The highest BCUT2D eigenvalue weighted by Gasteiger charge is 2.31. The maximum Gasteiger partial charge on any atom is 0.573 e. The largest absolute Gasteiger partial charge is 0.573 e. The van der Waals surface area contributed by atoms with Crippen molar-refractivity contribution in [2.45, 2.75) is 19.2 Å². The number of nitrogens with one attached hydrogen (secondary N) is 1. The van der Waals surface area contributed by atoms with Crippen LogP contribution in [0.3, 0.4) is 0 Å². The van der Waals surface area contributed by atoms with E-state index in [-0.39, 0.29) is 43.6 Å². The topological polar surface area (TPSA) is 58.6 Å². The molecule has 4 nitrogen and oxygen atoms in total. The van der Waals surface area contributed by atoms with Gasteiger partial charge in [-0.05, 0) is 35.7 Å². The Bertz CT molecular complexity index is 768. The van der Waals surface area contributed by atoms with Crippen molar-refractivity contribution >= 4 is 17.5 Å². The number of carbonyl (C=O) groups excluding carboxylic acids is 1. The van der Waals surface area contributed by atoms with Crippen LogP contribution in [0.2, 0.25) is 5.02 Å². The molecule has 0 saturated carbocycles. The van der Waals surface area contributed by atoms with Gasteiger partial charge in [0.1, 0.15) is 5.75 Å². The number of aliphatic hydroxyl groups is 1. The summed E-state index contributed by atoms with van der Waals surface area (Å²) in [4.78, 5) is 12.1. The fraction of sp³-hybridized carbons (Fsp3) is 0.316. The summed E-state index contributed by atoms with van der Waals surface area (Å²) in [6.07, 6.45) is -4.37. The Kier molecular flexibility index (Phi) is 7.50. The average molecular weight is 402 g/mol. The molecule has 0 saturated heterocycles. The molecule has 0 heterocycles. The van der Waals surface area contributed by atoms with Gasteiger partial charge in [-0.2, -0.15) is 0 Å². The molecular formula is C19H19ClF3NO3. The van der Waals surface area contributed by atoms with Crippen LogP contribution in [0.25, 0.3) is 0 Å². The summed E-state index contributed by atoms with van der Waals surface area (Å²) in [6, 6.07) is 12.5. The molecule has 0 fully saturated rings. The second-order valence-corrected chi connectivity index (χ2v) is 6.43. The molecule has 0 aromatic heterocycles. The Morgan fingerprint density at radius 3 is 2.59 bits per heavy atom. The number of hydrogen-bond acceptors (Lipinski definition) is 3. The maximum absolute atomic E-state index is 12.3. The van der Waals surface area contributed by atoms with Gasteiger partial charge in [0.25, 0.3) is 0 Å². The molecule has 0 aliphatic carbocycles. The van der Waals surface area contributed by atoms with Crippen LogP contribution in [-0.2, 0) is 17.6 Å². The Morgan fingerprint density at radius 2 is 1.93 bits per heavy atom. The third-order valence-corrected chi connectivity index (χ3v) is 4.18. The maximum atomic E-state index is 12.3. The van der Waals surface area contributed by atoms with Crippen molar-refractivity contribution in [2.75, 3.05) is 13.2 Å². The first-order chi connectivity index (χ1) is 12.8. The first-order valence-corrected chi connectivity index (χ1v) is 8.60. The lowest BCUT2D eigenvalue weighted by Crippen LogP contribution is -2.32. The average Bonchev–Trinajstić information content (AvgIpc) is 2.59. The summed E-state index contributed by atoms with van der Waals surface area (Å²) in [5, 5.41) is 12.7.